The summed E-state index contributed by atoms with van der Waals surface area (Å²) in [5.74, 6) is -1.47. The molecule has 0 unspecified atom stereocenters. The van der Waals surface area contributed by atoms with Gasteiger partial charge in [0.15, 0.2) is 5.66 Å². The summed E-state index contributed by atoms with van der Waals surface area (Å²) in [6, 6.07) is 13.8. The topological polar surface area (TPSA) is 108 Å². The van der Waals surface area contributed by atoms with Crippen molar-refractivity contribution in [3.05, 3.63) is 64.1 Å². The molecule has 11 heteroatoms. The Hall–Kier alpha value is -2.52. The van der Waals surface area contributed by atoms with Gasteiger partial charge in [-0.1, -0.05) is 46.3 Å². The van der Waals surface area contributed by atoms with Gasteiger partial charge in [-0.25, -0.2) is 9.69 Å². The molecular weight excluding hydrogens is 589 g/mol. The maximum absolute atomic E-state index is 14.6. The molecule has 1 aliphatic heterocycles. The fraction of sp³-hybridized carbons (Fsp3) is 0.464. The zero-order valence-corrected chi connectivity index (χ0v) is 25.5. The van der Waals surface area contributed by atoms with Gasteiger partial charge in [0.25, 0.3) is 5.91 Å². The Balaban J connectivity index is 2.34. The highest BCUT2D eigenvalue weighted by Crippen LogP contribution is 2.60. The summed E-state index contributed by atoms with van der Waals surface area (Å²) in [6.07, 6.45) is -1.20. The van der Waals surface area contributed by atoms with E-state index in [2.05, 4.69) is 15.9 Å². The van der Waals surface area contributed by atoms with Gasteiger partial charge in [-0.2, -0.15) is 0 Å². The quantitative estimate of drug-likeness (QED) is 0.215. The van der Waals surface area contributed by atoms with Crippen LogP contribution in [0.5, 0.6) is 0 Å². The van der Waals surface area contributed by atoms with Crippen molar-refractivity contribution in [2.45, 2.75) is 64.6 Å². The first-order valence-electron chi connectivity index (χ1n) is 12.8. The molecule has 0 aliphatic carbocycles. The number of esters is 1. The molecule has 0 radical (unpaired) electrons. The van der Waals surface area contributed by atoms with Crippen LogP contribution in [0.15, 0.2) is 53.0 Å². The molecule has 2 aromatic carbocycles. The second-order valence-corrected chi connectivity index (χ2v) is 13.0. The van der Waals surface area contributed by atoms with Crippen LogP contribution in [0.25, 0.3) is 0 Å². The number of carbonyl (C=O) groups is 3. The number of hydrogen-bond acceptors (Lipinski definition) is 8. The van der Waals surface area contributed by atoms with Crippen molar-refractivity contribution >= 4 is 47.2 Å². The summed E-state index contributed by atoms with van der Waals surface area (Å²) < 4.78 is 36.8. The first-order chi connectivity index (χ1) is 18.3. The smallest absolute Gasteiger partial charge is 0.421 e. The molecule has 212 valence electrons. The summed E-state index contributed by atoms with van der Waals surface area (Å²) in [5, 5.41) is 0. The lowest BCUT2D eigenvalue weighted by atomic mass is 9.72. The highest BCUT2D eigenvalue weighted by molar-refractivity contribution is 9.10. The SMILES string of the molecule is CCOC(=O)[C@H](C[C@]1(c2ccccc2)C(=O)N(C(=O)OC(C)(C)C)c2ccc(Br)cc21)P(=O)(OCC)OCC. The molecule has 2 amide bonds. The lowest BCUT2D eigenvalue weighted by Gasteiger charge is -2.34. The number of fused-ring (bicyclic) bond motifs is 1. The van der Waals surface area contributed by atoms with E-state index in [0.717, 1.165) is 4.90 Å². The molecule has 1 aliphatic rings. The van der Waals surface area contributed by atoms with Crippen LogP contribution in [0.2, 0.25) is 0 Å². The van der Waals surface area contributed by atoms with Gasteiger partial charge in [0, 0.05) is 4.47 Å². The first-order valence-corrected chi connectivity index (χ1v) is 15.2. The Bertz CT molecular complexity index is 1250. The molecule has 2 atom stereocenters. The van der Waals surface area contributed by atoms with Crippen molar-refractivity contribution in [2.75, 3.05) is 24.7 Å². The van der Waals surface area contributed by atoms with E-state index in [1.54, 1.807) is 90.1 Å². The number of anilines is 1. The fourth-order valence-electron chi connectivity index (χ4n) is 4.70. The Morgan fingerprint density at radius 1 is 1.00 bits per heavy atom. The average Bonchev–Trinajstić information content (AvgIpc) is 3.10. The molecule has 39 heavy (non-hydrogen) atoms. The highest BCUT2D eigenvalue weighted by atomic mass is 79.9. The summed E-state index contributed by atoms with van der Waals surface area (Å²) >= 11 is 3.48. The van der Waals surface area contributed by atoms with E-state index in [9.17, 15) is 18.9 Å². The van der Waals surface area contributed by atoms with E-state index in [-0.39, 0.29) is 26.2 Å². The minimum Gasteiger partial charge on any atom is -0.465 e. The highest BCUT2D eigenvalue weighted by Gasteiger charge is 2.59. The van der Waals surface area contributed by atoms with Crippen LogP contribution in [-0.2, 0) is 38.1 Å². The van der Waals surface area contributed by atoms with Crippen molar-refractivity contribution in [1.29, 1.82) is 0 Å². The maximum Gasteiger partial charge on any atom is 0.421 e. The molecule has 1 heterocycles. The van der Waals surface area contributed by atoms with E-state index in [4.69, 9.17) is 18.5 Å². The predicted molar refractivity (Wildman–Crippen MR) is 151 cm³/mol. The third-order valence-electron chi connectivity index (χ3n) is 6.13. The van der Waals surface area contributed by atoms with E-state index >= 15 is 0 Å². The van der Waals surface area contributed by atoms with Crippen LogP contribution in [0.4, 0.5) is 10.5 Å². The zero-order valence-electron chi connectivity index (χ0n) is 23.1. The van der Waals surface area contributed by atoms with E-state index in [1.807, 2.05) is 0 Å². The minimum atomic E-state index is -4.13. The number of hydrogen-bond donors (Lipinski definition) is 0. The molecule has 0 N–H and O–H groups in total. The second-order valence-electron chi connectivity index (χ2n) is 9.90. The Kier molecular flexibility index (Phi) is 9.81. The van der Waals surface area contributed by atoms with Crippen molar-refractivity contribution in [2.24, 2.45) is 0 Å². The van der Waals surface area contributed by atoms with E-state index < -0.39 is 42.2 Å². The van der Waals surface area contributed by atoms with Crippen molar-refractivity contribution in [3.63, 3.8) is 0 Å². The summed E-state index contributed by atoms with van der Waals surface area (Å²) in [4.78, 5) is 42.4. The Morgan fingerprint density at radius 3 is 2.15 bits per heavy atom. The van der Waals surface area contributed by atoms with Crippen LogP contribution in [-0.4, -0.2) is 49.1 Å². The molecule has 9 nitrogen and oxygen atoms in total. The molecule has 0 bridgehead atoms. The Labute approximate surface area is 237 Å². The van der Waals surface area contributed by atoms with Gasteiger partial charge in [0.2, 0.25) is 0 Å². The molecular formula is C28H35BrNO8P. The largest absolute Gasteiger partial charge is 0.465 e. The van der Waals surface area contributed by atoms with Crippen molar-refractivity contribution in [1.82, 2.24) is 0 Å². The molecule has 0 aromatic heterocycles. The van der Waals surface area contributed by atoms with Gasteiger partial charge < -0.3 is 18.5 Å². The number of benzene rings is 2. The van der Waals surface area contributed by atoms with Crippen LogP contribution < -0.4 is 4.90 Å². The van der Waals surface area contributed by atoms with Gasteiger partial charge in [-0.15, -0.1) is 0 Å². The normalized spacial score (nSPS) is 18.0. The van der Waals surface area contributed by atoms with Gasteiger partial charge in [-0.05, 0) is 77.3 Å². The van der Waals surface area contributed by atoms with Crippen LogP contribution in [0.3, 0.4) is 0 Å². The fourth-order valence-corrected chi connectivity index (χ4v) is 7.04. The zero-order chi connectivity index (χ0) is 29.0. The number of imide groups is 1. The number of amides is 2. The van der Waals surface area contributed by atoms with Gasteiger partial charge in [-0.3, -0.25) is 14.2 Å². The standard InChI is InChI=1S/C28H35BrNO8P/c1-7-35-24(31)23(39(34,36-8-2)37-9-3)18-28(19-13-11-10-12-14-19)21-17-20(29)15-16-22(21)30(25(28)32)26(33)38-27(4,5)6/h10-17,23H,7-9,18H2,1-6H3/t23-,28+/m0/s1. The first kappa shape index (κ1) is 31.0. The summed E-state index contributed by atoms with van der Waals surface area (Å²) in [5.41, 5.74) is -2.74. The van der Waals surface area contributed by atoms with Crippen LogP contribution in [0.1, 0.15) is 59.1 Å². The molecule has 0 fully saturated rings. The number of halogens is 1. The number of carbonyl (C=O) groups excluding carboxylic acids is 3. The van der Waals surface area contributed by atoms with Gasteiger partial charge in [0.05, 0.1) is 25.5 Å². The summed E-state index contributed by atoms with van der Waals surface area (Å²) in [6.45, 7) is 10.0. The van der Waals surface area contributed by atoms with E-state index in [1.165, 1.54) is 0 Å². The van der Waals surface area contributed by atoms with Gasteiger partial charge in [0.1, 0.15) is 11.0 Å². The maximum atomic E-state index is 14.6. The molecule has 0 saturated heterocycles. The molecule has 3 rings (SSSR count). The minimum absolute atomic E-state index is 0.00559. The summed E-state index contributed by atoms with van der Waals surface area (Å²) in [7, 11) is -4.13. The van der Waals surface area contributed by atoms with Crippen LogP contribution in [0, 0.1) is 0 Å². The number of rotatable bonds is 10. The molecule has 2 aromatic rings. The molecule has 0 saturated carbocycles. The average molecular weight is 624 g/mol. The lowest BCUT2D eigenvalue weighted by Crippen LogP contribution is -2.48. The van der Waals surface area contributed by atoms with Gasteiger partial charge >= 0.3 is 19.7 Å². The van der Waals surface area contributed by atoms with E-state index in [0.29, 0.717) is 21.3 Å². The number of ether oxygens (including phenoxy) is 2. The monoisotopic (exact) mass is 623 g/mol. The number of nitrogens with zero attached hydrogens (tertiary/aromatic N) is 1. The Morgan fingerprint density at radius 2 is 1.62 bits per heavy atom. The van der Waals surface area contributed by atoms with Crippen LogP contribution >= 0.6 is 23.5 Å². The van der Waals surface area contributed by atoms with Crippen molar-refractivity contribution in [3.8, 4) is 0 Å². The lowest BCUT2D eigenvalue weighted by molar-refractivity contribution is -0.143. The third kappa shape index (κ3) is 6.30. The van der Waals surface area contributed by atoms with Crippen molar-refractivity contribution < 1.29 is 37.5 Å². The predicted octanol–water partition coefficient (Wildman–Crippen LogP) is 6.60. The molecule has 0 spiro atoms. The third-order valence-corrected chi connectivity index (χ3v) is 9.01. The second kappa shape index (κ2) is 12.3.